The van der Waals surface area contributed by atoms with Gasteiger partial charge >= 0.3 is 5.97 Å². The van der Waals surface area contributed by atoms with Gasteiger partial charge in [0.05, 0.1) is 13.2 Å². The van der Waals surface area contributed by atoms with Crippen molar-refractivity contribution in [2.24, 2.45) is 0 Å². The number of rotatable bonds is 26. The van der Waals surface area contributed by atoms with Crippen LogP contribution in [-0.2, 0) is 14.3 Å². The normalized spacial score (nSPS) is 12.2. The fraction of sp³-hybridized carbons (Fsp3) is 0.964. The first-order valence-electron chi connectivity index (χ1n) is 14.1. The highest BCUT2D eigenvalue weighted by Crippen LogP contribution is 2.14. The number of unbranched alkanes of at least 4 members (excludes halogenated alkanes) is 18. The number of carbonyl (C=O) groups is 1. The Morgan fingerprint density at radius 3 is 1.41 bits per heavy atom. The average Bonchev–Trinajstić information content (AvgIpc) is 2.79. The Morgan fingerprint density at radius 2 is 1.03 bits per heavy atom. The number of hydrogen-bond donors (Lipinski definition) is 1. The molecule has 0 fully saturated rings. The van der Waals surface area contributed by atoms with Crippen LogP contribution in [0.5, 0.6) is 0 Å². The Labute approximate surface area is 200 Å². The number of carbonyl (C=O) groups excluding carboxylic acids is 1. The van der Waals surface area contributed by atoms with Crippen LogP contribution in [0.3, 0.4) is 0 Å². The lowest BCUT2D eigenvalue weighted by molar-refractivity contribution is -0.154. The van der Waals surface area contributed by atoms with E-state index in [9.17, 15) is 9.90 Å². The maximum atomic E-state index is 11.4. The van der Waals surface area contributed by atoms with Crippen molar-refractivity contribution in [1.29, 1.82) is 0 Å². The third-order valence-corrected chi connectivity index (χ3v) is 6.15. The highest BCUT2D eigenvalue weighted by Gasteiger charge is 2.12. The molecule has 0 aromatic heterocycles. The van der Waals surface area contributed by atoms with E-state index in [4.69, 9.17) is 9.47 Å². The van der Waals surface area contributed by atoms with Gasteiger partial charge in [0.2, 0.25) is 0 Å². The molecular weight excluding hydrogens is 400 g/mol. The molecule has 0 bridgehead atoms. The largest absolute Gasteiger partial charge is 0.457 e. The van der Waals surface area contributed by atoms with Crippen molar-refractivity contribution in [3.05, 3.63) is 0 Å². The lowest BCUT2D eigenvalue weighted by Crippen LogP contribution is -2.27. The van der Waals surface area contributed by atoms with Gasteiger partial charge in [-0.3, -0.25) is 4.79 Å². The Balaban J connectivity index is 3.19. The molecule has 0 aliphatic heterocycles. The van der Waals surface area contributed by atoms with E-state index in [0.29, 0.717) is 19.6 Å². The molecule has 4 heteroatoms. The minimum absolute atomic E-state index is 0.172. The van der Waals surface area contributed by atoms with Crippen LogP contribution in [-0.4, -0.2) is 37.0 Å². The molecule has 0 saturated heterocycles. The third kappa shape index (κ3) is 24.0. The van der Waals surface area contributed by atoms with E-state index in [1.807, 2.05) is 6.92 Å². The van der Waals surface area contributed by atoms with Crippen molar-refractivity contribution in [3.63, 3.8) is 0 Å². The molecule has 0 amide bonds. The molecule has 1 N–H and O–H groups in total. The summed E-state index contributed by atoms with van der Waals surface area (Å²) in [6.45, 7) is 5.03. The van der Waals surface area contributed by atoms with Gasteiger partial charge in [-0.25, -0.2) is 0 Å². The van der Waals surface area contributed by atoms with E-state index >= 15 is 0 Å². The summed E-state index contributed by atoms with van der Waals surface area (Å²) >= 11 is 0. The van der Waals surface area contributed by atoms with E-state index in [1.165, 1.54) is 116 Å². The molecule has 4 nitrogen and oxygen atoms in total. The van der Waals surface area contributed by atoms with Gasteiger partial charge in [0, 0.05) is 13.0 Å². The predicted molar refractivity (Wildman–Crippen MR) is 136 cm³/mol. The van der Waals surface area contributed by atoms with Crippen LogP contribution in [0.1, 0.15) is 149 Å². The number of aliphatic hydroxyl groups is 1. The Morgan fingerprint density at radius 1 is 0.625 bits per heavy atom. The molecular formula is C28H56O4. The van der Waals surface area contributed by atoms with Crippen molar-refractivity contribution in [2.75, 3.05) is 19.8 Å². The highest BCUT2D eigenvalue weighted by molar-refractivity contribution is 5.69. The average molecular weight is 457 g/mol. The van der Waals surface area contributed by atoms with E-state index in [0.717, 1.165) is 12.8 Å². The summed E-state index contributed by atoms with van der Waals surface area (Å²) in [5.74, 6) is -0.251. The van der Waals surface area contributed by atoms with Crippen molar-refractivity contribution in [2.45, 2.75) is 155 Å². The first-order valence-corrected chi connectivity index (χ1v) is 14.1. The summed E-state index contributed by atoms with van der Waals surface area (Å²) in [7, 11) is 0. The number of esters is 1. The molecule has 0 saturated carbocycles. The van der Waals surface area contributed by atoms with Crippen LogP contribution >= 0.6 is 0 Å². The SMILES string of the molecule is CCCCCCCCCCCCCCCCCCCCCOCC(CO)OC(=O)CCC. The lowest BCUT2D eigenvalue weighted by atomic mass is 10.0. The fourth-order valence-electron chi connectivity index (χ4n) is 4.07. The summed E-state index contributed by atoms with van der Waals surface area (Å²) in [6.07, 6.45) is 26.8. The topological polar surface area (TPSA) is 55.8 Å². The minimum atomic E-state index is -0.519. The van der Waals surface area contributed by atoms with Gasteiger partial charge in [-0.15, -0.1) is 0 Å². The molecule has 0 rings (SSSR count). The van der Waals surface area contributed by atoms with Crippen molar-refractivity contribution in [3.8, 4) is 0 Å². The third-order valence-electron chi connectivity index (χ3n) is 6.15. The zero-order chi connectivity index (χ0) is 23.5. The zero-order valence-electron chi connectivity index (χ0n) is 21.7. The monoisotopic (exact) mass is 456 g/mol. The second-order valence-electron chi connectivity index (χ2n) is 9.48. The Kier molecular flexibility index (Phi) is 26.1. The van der Waals surface area contributed by atoms with Gasteiger partial charge in [0.25, 0.3) is 0 Å². The van der Waals surface area contributed by atoms with Crippen LogP contribution < -0.4 is 0 Å². The Hall–Kier alpha value is -0.610. The highest BCUT2D eigenvalue weighted by atomic mass is 16.6. The summed E-state index contributed by atoms with van der Waals surface area (Å²) < 4.78 is 10.7. The van der Waals surface area contributed by atoms with E-state index in [2.05, 4.69) is 6.92 Å². The zero-order valence-corrected chi connectivity index (χ0v) is 21.7. The number of aliphatic hydroxyl groups excluding tert-OH is 1. The Bertz CT molecular complexity index is 372. The van der Waals surface area contributed by atoms with Gasteiger partial charge in [0.15, 0.2) is 0 Å². The summed E-state index contributed by atoms with van der Waals surface area (Å²) in [5.41, 5.74) is 0. The standard InChI is InChI=1S/C28H56O4/c1-3-5-6-7-8-9-10-11-12-13-14-15-16-17-18-19-20-21-22-24-31-26-27(25-29)32-28(30)23-4-2/h27,29H,3-26H2,1-2H3. The smallest absolute Gasteiger partial charge is 0.306 e. The molecule has 1 unspecified atom stereocenters. The molecule has 0 aromatic rings. The van der Waals surface area contributed by atoms with E-state index in [1.54, 1.807) is 0 Å². The molecule has 0 spiro atoms. The van der Waals surface area contributed by atoms with Crippen LogP contribution in [0.25, 0.3) is 0 Å². The minimum Gasteiger partial charge on any atom is -0.457 e. The summed E-state index contributed by atoms with van der Waals surface area (Å²) in [6, 6.07) is 0. The first-order chi connectivity index (χ1) is 15.7. The van der Waals surface area contributed by atoms with E-state index in [-0.39, 0.29) is 12.6 Å². The maximum absolute atomic E-state index is 11.4. The summed E-state index contributed by atoms with van der Waals surface area (Å²) in [4.78, 5) is 11.4. The van der Waals surface area contributed by atoms with Crippen molar-refractivity contribution in [1.82, 2.24) is 0 Å². The molecule has 0 heterocycles. The van der Waals surface area contributed by atoms with Crippen LogP contribution in [0.4, 0.5) is 0 Å². The van der Waals surface area contributed by atoms with Crippen LogP contribution in [0, 0.1) is 0 Å². The molecule has 32 heavy (non-hydrogen) atoms. The molecule has 0 aromatic carbocycles. The fourth-order valence-corrected chi connectivity index (χ4v) is 4.07. The van der Waals surface area contributed by atoms with Gasteiger partial charge in [-0.2, -0.15) is 0 Å². The molecule has 192 valence electrons. The number of ether oxygens (including phenoxy) is 2. The summed E-state index contributed by atoms with van der Waals surface area (Å²) in [5, 5.41) is 9.25. The van der Waals surface area contributed by atoms with Gasteiger partial charge in [-0.1, -0.05) is 129 Å². The van der Waals surface area contributed by atoms with Crippen LogP contribution in [0.15, 0.2) is 0 Å². The molecule has 0 aliphatic rings. The lowest BCUT2D eigenvalue weighted by Gasteiger charge is -2.15. The maximum Gasteiger partial charge on any atom is 0.306 e. The van der Waals surface area contributed by atoms with E-state index < -0.39 is 6.10 Å². The molecule has 0 aliphatic carbocycles. The second kappa shape index (κ2) is 26.6. The number of hydrogen-bond acceptors (Lipinski definition) is 4. The van der Waals surface area contributed by atoms with Crippen molar-refractivity contribution < 1.29 is 19.4 Å². The molecule has 1 atom stereocenters. The quantitative estimate of drug-likeness (QED) is 0.105. The first kappa shape index (κ1) is 31.4. The van der Waals surface area contributed by atoms with Gasteiger partial charge < -0.3 is 14.6 Å². The van der Waals surface area contributed by atoms with Crippen LogP contribution in [0.2, 0.25) is 0 Å². The second-order valence-corrected chi connectivity index (χ2v) is 9.48. The molecule has 0 radical (unpaired) electrons. The van der Waals surface area contributed by atoms with Gasteiger partial charge in [0.1, 0.15) is 6.10 Å². The predicted octanol–water partition coefficient (Wildman–Crippen LogP) is 8.14. The van der Waals surface area contributed by atoms with Crippen molar-refractivity contribution >= 4 is 5.97 Å². The van der Waals surface area contributed by atoms with Gasteiger partial charge in [-0.05, 0) is 12.8 Å².